The van der Waals surface area contributed by atoms with Crippen molar-refractivity contribution in [1.29, 1.82) is 0 Å². The summed E-state index contributed by atoms with van der Waals surface area (Å²) in [6, 6.07) is 3.74. The fraction of sp³-hybridized carbons (Fsp3) is 0.364. The van der Waals surface area contributed by atoms with Crippen molar-refractivity contribution in [2.45, 2.75) is 26.2 Å². The number of unbranched alkanes of at least 4 members (excludes halogenated alkanes) is 1. The van der Waals surface area contributed by atoms with Gasteiger partial charge in [0.2, 0.25) is 0 Å². The molecule has 13 heavy (non-hydrogen) atoms. The zero-order valence-corrected chi connectivity index (χ0v) is 8.43. The maximum atomic E-state index is 5.70. The Morgan fingerprint density at radius 3 is 2.85 bits per heavy atom. The van der Waals surface area contributed by atoms with E-state index >= 15 is 0 Å². The Kier molecular flexibility index (Phi) is 4.35. The summed E-state index contributed by atoms with van der Waals surface area (Å²) in [6.45, 7) is 2.12. The number of hydrogen-bond acceptors (Lipinski definition) is 1. The van der Waals surface area contributed by atoms with Crippen LogP contribution >= 0.6 is 11.6 Å². The van der Waals surface area contributed by atoms with E-state index in [1.165, 1.54) is 0 Å². The first-order valence-electron chi connectivity index (χ1n) is 4.39. The molecule has 1 heterocycles. The maximum Gasteiger partial charge on any atom is 0.0589 e. The zero-order valence-electron chi connectivity index (χ0n) is 7.68. The van der Waals surface area contributed by atoms with Crippen LogP contribution in [0.5, 0.6) is 0 Å². The van der Waals surface area contributed by atoms with Crippen LogP contribution < -0.4 is 0 Å². The summed E-state index contributed by atoms with van der Waals surface area (Å²) < 4.78 is 0. The SMILES string of the molecule is CCCC#CCc1ccc(Cl)cn1. The Morgan fingerprint density at radius 1 is 1.38 bits per heavy atom. The minimum absolute atomic E-state index is 0.672. The molecule has 0 aliphatic carbocycles. The highest BCUT2D eigenvalue weighted by Crippen LogP contribution is 2.05. The molecule has 0 fully saturated rings. The molecule has 1 aromatic heterocycles. The summed E-state index contributed by atoms with van der Waals surface area (Å²) in [7, 11) is 0. The molecule has 0 unspecified atom stereocenters. The Bertz CT molecular complexity index is 305. The molecule has 0 bridgehead atoms. The normalized spacial score (nSPS) is 9.08. The van der Waals surface area contributed by atoms with Crippen LogP contribution in [0.3, 0.4) is 0 Å². The molecule has 0 saturated heterocycles. The molecule has 0 amide bonds. The second kappa shape index (κ2) is 5.61. The first-order valence-corrected chi connectivity index (χ1v) is 4.77. The van der Waals surface area contributed by atoms with Crippen LogP contribution in [0.25, 0.3) is 0 Å². The summed E-state index contributed by atoms with van der Waals surface area (Å²) >= 11 is 5.70. The second-order valence-corrected chi connectivity index (χ2v) is 3.18. The van der Waals surface area contributed by atoms with Crippen LogP contribution in [0.4, 0.5) is 0 Å². The molecule has 0 aromatic carbocycles. The minimum Gasteiger partial charge on any atom is -0.259 e. The van der Waals surface area contributed by atoms with Crippen LogP contribution in [-0.4, -0.2) is 4.98 Å². The molecule has 0 aliphatic rings. The zero-order chi connectivity index (χ0) is 9.52. The fourth-order valence-corrected chi connectivity index (χ4v) is 0.989. The molecule has 0 spiro atoms. The molecule has 68 valence electrons. The van der Waals surface area contributed by atoms with Gasteiger partial charge < -0.3 is 0 Å². The summed E-state index contributed by atoms with van der Waals surface area (Å²) in [5, 5.41) is 0.672. The van der Waals surface area contributed by atoms with Gasteiger partial charge in [0.1, 0.15) is 0 Å². The van der Waals surface area contributed by atoms with Gasteiger partial charge in [0.25, 0.3) is 0 Å². The second-order valence-electron chi connectivity index (χ2n) is 2.75. The highest BCUT2D eigenvalue weighted by atomic mass is 35.5. The molecular formula is C11H12ClN. The Labute approximate surface area is 84.1 Å². The quantitative estimate of drug-likeness (QED) is 0.658. The topological polar surface area (TPSA) is 12.9 Å². The smallest absolute Gasteiger partial charge is 0.0589 e. The van der Waals surface area contributed by atoms with Gasteiger partial charge >= 0.3 is 0 Å². The van der Waals surface area contributed by atoms with Crippen molar-refractivity contribution in [3.05, 3.63) is 29.0 Å². The summed E-state index contributed by atoms with van der Waals surface area (Å²) in [6.07, 6.45) is 4.45. The van der Waals surface area contributed by atoms with E-state index in [-0.39, 0.29) is 0 Å². The van der Waals surface area contributed by atoms with Crippen molar-refractivity contribution in [2.75, 3.05) is 0 Å². The summed E-state index contributed by atoms with van der Waals surface area (Å²) in [5.41, 5.74) is 0.980. The van der Waals surface area contributed by atoms with Crippen LogP contribution in [-0.2, 0) is 6.42 Å². The van der Waals surface area contributed by atoms with Crippen molar-refractivity contribution in [2.24, 2.45) is 0 Å². The maximum absolute atomic E-state index is 5.70. The number of nitrogens with zero attached hydrogens (tertiary/aromatic N) is 1. The fourth-order valence-electron chi connectivity index (χ4n) is 0.877. The average Bonchev–Trinajstić information content (AvgIpc) is 2.15. The standard InChI is InChI=1S/C11H12ClN/c1-2-3-4-5-6-11-8-7-10(12)9-13-11/h7-9H,2-3,6H2,1H3. The van der Waals surface area contributed by atoms with Crippen molar-refractivity contribution in [1.82, 2.24) is 4.98 Å². The number of aromatic nitrogens is 1. The predicted molar refractivity (Wildman–Crippen MR) is 55.6 cm³/mol. The third kappa shape index (κ3) is 3.96. The van der Waals surface area contributed by atoms with Gasteiger partial charge in [-0.15, -0.1) is 5.92 Å². The molecule has 0 N–H and O–H groups in total. The Morgan fingerprint density at radius 2 is 2.23 bits per heavy atom. The lowest BCUT2D eigenvalue weighted by molar-refractivity contribution is 0.980. The molecule has 1 rings (SSSR count). The van der Waals surface area contributed by atoms with Gasteiger partial charge in [0, 0.05) is 12.6 Å². The Balaban J connectivity index is 2.47. The summed E-state index contributed by atoms with van der Waals surface area (Å²) in [4.78, 5) is 4.14. The van der Waals surface area contributed by atoms with E-state index in [4.69, 9.17) is 11.6 Å². The number of halogens is 1. The lowest BCUT2D eigenvalue weighted by Crippen LogP contribution is -1.85. The van der Waals surface area contributed by atoms with Gasteiger partial charge in [0.05, 0.1) is 17.1 Å². The van der Waals surface area contributed by atoms with E-state index in [0.29, 0.717) is 5.02 Å². The van der Waals surface area contributed by atoms with Gasteiger partial charge in [-0.05, 0) is 18.6 Å². The molecule has 0 radical (unpaired) electrons. The van der Waals surface area contributed by atoms with Gasteiger partial charge in [0.15, 0.2) is 0 Å². The van der Waals surface area contributed by atoms with E-state index in [9.17, 15) is 0 Å². The Hall–Kier alpha value is -1.00. The lowest BCUT2D eigenvalue weighted by atomic mass is 10.2. The van der Waals surface area contributed by atoms with E-state index < -0.39 is 0 Å². The van der Waals surface area contributed by atoms with Crippen LogP contribution in [0.1, 0.15) is 25.5 Å². The monoisotopic (exact) mass is 193 g/mol. The van der Waals surface area contributed by atoms with E-state index in [0.717, 1.165) is 25.0 Å². The van der Waals surface area contributed by atoms with E-state index in [1.807, 2.05) is 12.1 Å². The molecule has 1 aromatic rings. The lowest BCUT2D eigenvalue weighted by Gasteiger charge is -1.92. The van der Waals surface area contributed by atoms with E-state index in [2.05, 4.69) is 23.7 Å². The van der Waals surface area contributed by atoms with Crippen LogP contribution in [0.2, 0.25) is 5.02 Å². The molecule has 1 nitrogen and oxygen atoms in total. The van der Waals surface area contributed by atoms with Crippen molar-refractivity contribution < 1.29 is 0 Å². The van der Waals surface area contributed by atoms with Crippen molar-refractivity contribution >= 4 is 11.6 Å². The highest BCUT2D eigenvalue weighted by molar-refractivity contribution is 6.30. The average molecular weight is 194 g/mol. The highest BCUT2D eigenvalue weighted by Gasteiger charge is 1.90. The molecule has 0 atom stereocenters. The van der Waals surface area contributed by atoms with Crippen molar-refractivity contribution in [3.8, 4) is 11.8 Å². The predicted octanol–water partition coefficient (Wildman–Crippen LogP) is 3.08. The minimum atomic E-state index is 0.672. The van der Waals surface area contributed by atoms with Gasteiger partial charge in [-0.25, -0.2) is 0 Å². The third-order valence-electron chi connectivity index (χ3n) is 1.56. The molecule has 2 heteroatoms. The van der Waals surface area contributed by atoms with Gasteiger partial charge in [-0.2, -0.15) is 0 Å². The molecule has 0 saturated carbocycles. The number of rotatable bonds is 2. The first-order chi connectivity index (χ1) is 6.33. The number of pyridine rings is 1. The molecular weight excluding hydrogens is 182 g/mol. The summed E-state index contributed by atoms with van der Waals surface area (Å²) in [5.74, 6) is 6.14. The van der Waals surface area contributed by atoms with Crippen molar-refractivity contribution in [3.63, 3.8) is 0 Å². The first kappa shape index (κ1) is 10.1. The van der Waals surface area contributed by atoms with E-state index in [1.54, 1.807) is 6.20 Å². The largest absolute Gasteiger partial charge is 0.259 e. The number of hydrogen-bond donors (Lipinski definition) is 0. The van der Waals surface area contributed by atoms with Crippen LogP contribution in [0.15, 0.2) is 18.3 Å². The molecule has 0 aliphatic heterocycles. The van der Waals surface area contributed by atoms with Gasteiger partial charge in [-0.1, -0.05) is 24.4 Å². The van der Waals surface area contributed by atoms with Gasteiger partial charge in [-0.3, -0.25) is 4.98 Å². The van der Waals surface area contributed by atoms with Crippen LogP contribution in [0, 0.1) is 11.8 Å². The third-order valence-corrected chi connectivity index (χ3v) is 1.78.